The summed E-state index contributed by atoms with van der Waals surface area (Å²) in [5.41, 5.74) is 1.08. The third-order valence-corrected chi connectivity index (χ3v) is 4.46. The molecule has 0 aromatic heterocycles. The number of nitrogens with zero attached hydrogens (tertiary/aromatic N) is 1. The number of aryl methyl sites for hydroxylation is 1. The first-order valence-electron chi connectivity index (χ1n) is 9.44. The highest BCUT2D eigenvalue weighted by atomic mass is 16.5. The molecule has 3 rings (SSSR count). The quantitative estimate of drug-likeness (QED) is 0.716. The van der Waals surface area contributed by atoms with Crippen LogP contribution in [0, 0.1) is 5.92 Å². The van der Waals surface area contributed by atoms with Crippen molar-refractivity contribution >= 4 is 18.0 Å². The lowest BCUT2D eigenvalue weighted by molar-refractivity contribution is -0.141. The maximum atomic E-state index is 10.2. The number of rotatable bonds is 4. The van der Waals surface area contributed by atoms with Crippen LogP contribution in [0.4, 0.5) is 4.79 Å². The average molecular weight is 395 g/mol. The van der Waals surface area contributed by atoms with Crippen LogP contribution < -0.4 is 0 Å². The molecular weight excluding hydrogens is 366 g/mol. The minimum Gasteiger partial charge on any atom is -0.481 e. The first kappa shape index (κ1) is 23.4. The van der Waals surface area contributed by atoms with Crippen molar-refractivity contribution < 1.29 is 34.4 Å². The van der Waals surface area contributed by atoms with E-state index in [1.165, 1.54) is 4.90 Å². The number of amides is 1. The molecule has 1 amide bonds. The van der Waals surface area contributed by atoms with Gasteiger partial charge in [0.1, 0.15) is 0 Å². The second-order valence-electron chi connectivity index (χ2n) is 6.58. The first-order chi connectivity index (χ1) is 13.4. The average Bonchev–Trinajstić information content (AvgIpc) is 3.24. The first-order valence-corrected chi connectivity index (χ1v) is 9.44. The fourth-order valence-electron chi connectivity index (χ4n) is 2.82. The van der Waals surface area contributed by atoms with E-state index in [1.807, 2.05) is 30.3 Å². The summed E-state index contributed by atoms with van der Waals surface area (Å²) in [6, 6.07) is 9.62. The Balaban J connectivity index is 0.000000213. The highest BCUT2D eigenvalue weighted by molar-refractivity contribution is 5.70. The van der Waals surface area contributed by atoms with Crippen molar-refractivity contribution in [2.24, 2.45) is 5.92 Å². The Morgan fingerprint density at radius 2 is 1.54 bits per heavy atom. The smallest absolute Gasteiger partial charge is 0.407 e. The lowest BCUT2D eigenvalue weighted by Crippen LogP contribution is -2.39. The van der Waals surface area contributed by atoms with E-state index in [1.54, 1.807) is 0 Å². The van der Waals surface area contributed by atoms with Gasteiger partial charge in [-0.15, -0.1) is 0 Å². The molecule has 1 saturated heterocycles. The van der Waals surface area contributed by atoms with Gasteiger partial charge in [-0.05, 0) is 24.8 Å². The van der Waals surface area contributed by atoms with E-state index in [4.69, 9.17) is 20.1 Å². The minimum atomic E-state index is -0.849. The van der Waals surface area contributed by atoms with Crippen molar-refractivity contribution in [3.63, 3.8) is 0 Å². The molecule has 2 aliphatic rings. The van der Waals surface area contributed by atoms with E-state index < -0.39 is 18.0 Å². The van der Waals surface area contributed by atoms with Crippen LogP contribution in [0.2, 0.25) is 0 Å². The number of morpholine rings is 1. The van der Waals surface area contributed by atoms with Crippen LogP contribution in [0.1, 0.15) is 37.7 Å². The van der Waals surface area contributed by atoms with Gasteiger partial charge in [-0.25, -0.2) is 4.79 Å². The molecule has 2 fully saturated rings. The predicted octanol–water partition coefficient (Wildman–Crippen LogP) is 2.96. The van der Waals surface area contributed by atoms with Crippen LogP contribution in [-0.2, 0) is 20.7 Å². The minimum absolute atomic E-state index is 0.0185. The summed E-state index contributed by atoms with van der Waals surface area (Å²) >= 11 is 0. The zero-order chi connectivity index (χ0) is 20.8. The molecule has 1 aromatic rings. The number of hydrogen-bond acceptors (Lipinski definition) is 4. The van der Waals surface area contributed by atoms with Crippen LogP contribution in [0.3, 0.4) is 0 Å². The molecular formula is C20H29NO7. The van der Waals surface area contributed by atoms with E-state index in [0.717, 1.165) is 31.2 Å². The van der Waals surface area contributed by atoms with Gasteiger partial charge in [0.15, 0.2) is 0 Å². The normalized spacial score (nSPS) is 16.2. The number of hydrogen-bond donors (Lipinski definition) is 3. The zero-order valence-electron chi connectivity index (χ0n) is 16.0. The number of aliphatic carboxylic acids is 2. The van der Waals surface area contributed by atoms with Crippen molar-refractivity contribution in [1.29, 1.82) is 0 Å². The molecule has 156 valence electrons. The summed E-state index contributed by atoms with van der Waals surface area (Å²) in [4.78, 5) is 31.9. The molecule has 1 aliphatic carbocycles. The number of carbonyl (C=O) groups is 3. The van der Waals surface area contributed by atoms with Gasteiger partial charge in [0.25, 0.3) is 0 Å². The molecule has 8 nitrogen and oxygen atoms in total. The molecule has 0 radical (unpaired) electrons. The van der Waals surface area contributed by atoms with Crippen LogP contribution in [0.25, 0.3) is 0 Å². The lowest BCUT2D eigenvalue weighted by atomic mass is 10.1. The van der Waals surface area contributed by atoms with Gasteiger partial charge in [0.05, 0.1) is 19.1 Å². The highest BCUT2D eigenvalue weighted by Gasteiger charge is 2.21. The van der Waals surface area contributed by atoms with Crippen molar-refractivity contribution in [3.8, 4) is 0 Å². The summed E-state index contributed by atoms with van der Waals surface area (Å²) in [5.74, 6) is -1.37. The summed E-state index contributed by atoms with van der Waals surface area (Å²) in [6.07, 6.45) is 4.00. The van der Waals surface area contributed by atoms with E-state index in [-0.39, 0.29) is 12.3 Å². The van der Waals surface area contributed by atoms with E-state index in [2.05, 4.69) is 0 Å². The maximum Gasteiger partial charge on any atom is 0.407 e. The topological polar surface area (TPSA) is 124 Å². The summed E-state index contributed by atoms with van der Waals surface area (Å²) < 4.78 is 4.94. The number of benzene rings is 1. The molecule has 28 heavy (non-hydrogen) atoms. The van der Waals surface area contributed by atoms with Crippen LogP contribution in [0.15, 0.2) is 30.3 Å². The predicted molar refractivity (Wildman–Crippen MR) is 102 cm³/mol. The fraction of sp³-hybridized carbons (Fsp3) is 0.550. The van der Waals surface area contributed by atoms with Crippen molar-refractivity contribution in [2.45, 2.75) is 38.5 Å². The van der Waals surface area contributed by atoms with Gasteiger partial charge >= 0.3 is 18.0 Å². The van der Waals surface area contributed by atoms with Crippen molar-refractivity contribution in [3.05, 3.63) is 35.9 Å². The lowest BCUT2D eigenvalue weighted by Gasteiger charge is -2.23. The summed E-state index contributed by atoms with van der Waals surface area (Å²) in [6.45, 7) is 2.09. The van der Waals surface area contributed by atoms with Gasteiger partial charge in [0, 0.05) is 19.5 Å². The second-order valence-corrected chi connectivity index (χ2v) is 6.58. The number of carboxylic acid groups (broad SMARTS) is 3. The molecule has 0 bridgehead atoms. The standard InChI is InChI=1S/C9H10O2.C6H10O2.C5H9NO3/c10-9(11)7-6-8-4-2-1-3-5-8;7-6(8)5-3-1-2-4-5;7-5(8)6-1-3-9-4-2-6/h1-5H,6-7H2,(H,10,11);5H,1-4H2,(H,7,8);1-4H2,(H,7,8). The fourth-order valence-corrected chi connectivity index (χ4v) is 2.82. The Morgan fingerprint density at radius 3 is 1.93 bits per heavy atom. The Kier molecular flexibility index (Phi) is 11.3. The Bertz CT molecular complexity index is 594. The molecule has 0 unspecified atom stereocenters. The van der Waals surface area contributed by atoms with Crippen molar-refractivity contribution in [1.82, 2.24) is 4.90 Å². The molecule has 8 heteroatoms. The third kappa shape index (κ3) is 10.5. The van der Waals surface area contributed by atoms with Gasteiger partial charge in [-0.1, -0.05) is 43.2 Å². The van der Waals surface area contributed by atoms with Gasteiger partial charge in [-0.2, -0.15) is 0 Å². The molecule has 1 aliphatic heterocycles. The van der Waals surface area contributed by atoms with Crippen molar-refractivity contribution in [2.75, 3.05) is 26.3 Å². The SMILES string of the molecule is O=C(O)C1CCCC1.O=C(O)CCc1ccccc1.O=C(O)N1CCOCC1. The summed E-state index contributed by atoms with van der Waals surface area (Å²) in [5, 5.41) is 25.2. The highest BCUT2D eigenvalue weighted by Crippen LogP contribution is 2.24. The van der Waals surface area contributed by atoms with Gasteiger partial charge in [-0.3, -0.25) is 9.59 Å². The largest absolute Gasteiger partial charge is 0.481 e. The molecule has 1 aromatic carbocycles. The third-order valence-electron chi connectivity index (χ3n) is 4.46. The number of ether oxygens (including phenoxy) is 1. The monoisotopic (exact) mass is 395 g/mol. The molecule has 1 heterocycles. The van der Waals surface area contributed by atoms with E-state index >= 15 is 0 Å². The van der Waals surface area contributed by atoms with E-state index in [9.17, 15) is 14.4 Å². The molecule has 0 atom stereocenters. The van der Waals surface area contributed by atoms with Crippen LogP contribution in [-0.4, -0.2) is 64.6 Å². The Hall–Kier alpha value is -2.61. The molecule has 3 N–H and O–H groups in total. The van der Waals surface area contributed by atoms with Crippen LogP contribution >= 0.6 is 0 Å². The molecule has 0 spiro atoms. The zero-order valence-corrected chi connectivity index (χ0v) is 16.0. The second kappa shape index (κ2) is 13.5. The summed E-state index contributed by atoms with van der Waals surface area (Å²) in [7, 11) is 0. The Labute approximate surface area is 164 Å². The maximum absolute atomic E-state index is 10.2. The number of carboxylic acids is 2. The van der Waals surface area contributed by atoms with Crippen LogP contribution in [0.5, 0.6) is 0 Å². The van der Waals surface area contributed by atoms with Gasteiger partial charge in [0.2, 0.25) is 0 Å². The Morgan fingerprint density at radius 1 is 0.964 bits per heavy atom. The molecule has 1 saturated carbocycles. The van der Waals surface area contributed by atoms with Gasteiger partial charge < -0.3 is 25.0 Å². The van der Waals surface area contributed by atoms with E-state index in [0.29, 0.717) is 32.7 Å².